The zero-order valence-electron chi connectivity index (χ0n) is 15.8. The van der Waals surface area contributed by atoms with E-state index in [2.05, 4.69) is 5.32 Å². The van der Waals surface area contributed by atoms with E-state index in [4.69, 9.17) is 4.74 Å². The number of carbonyl (C=O) groups is 3. The number of sulfonamides is 1. The van der Waals surface area contributed by atoms with Gasteiger partial charge in [-0.3, -0.25) is 14.9 Å². The van der Waals surface area contributed by atoms with E-state index < -0.39 is 34.5 Å². The number of aryl methyl sites for hydroxylation is 1. The van der Waals surface area contributed by atoms with Gasteiger partial charge in [0, 0.05) is 26.6 Å². The number of benzene rings is 1. The summed E-state index contributed by atoms with van der Waals surface area (Å²) in [6.45, 7) is 0.548. The number of amides is 3. The summed E-state index contributed by atoms with van der Waals surface area (Å²) in [4.78, 5) is 34.2. The molecule has 1 aromatic rings. The molecule has 1 heterocycles. The zero-order chi connectivity index (χ0) is 20.6. The molecule has 3 amide bonds. The fourth-order valence-corrected chi connectivity index (χ4v) is 4.29. The summed E-state index contributed by atoms with van der Waals surface area (Å²) in [5.41, 5.74) is 0.782. The smallest absolute Gasteiger partial charge is 0.321 e. The normalized spacial score (nSPS) is 14.9. The van der Waals surface area contributed by atoms with Gasteiger partial charge in [-0.05, 0) is 37.0 Å². The zero-order valence-corrected chi connectivity index (χ0v) is 16.6. The molecule has 0 radical (unpaired) electrons. The molecule has 9 nitrogen and oxygen atoms in total. The van der Waals surface area contributed by atoms with Gasteiger partial charge in [0.05, 0.1) is 4.90 Å². The minimum absolute atomic E-state index is 0.0332. The van der Waals surface area contributed by atoms with Gasteiger partial charge in [0.2, 0.25) is 10.0 Å². The lowest BCUT2D eigenvalue weighted by Crippen LogP contribution is -2.39. The number of imide groups is 1. The number of esters is 1. The van der Waals surface area contributed by atoms with Gasteiger partial charge in [-0.1, -0.05) is 18.6 Å². The van der Waals surface area contributed by atoms with Crippen LogP contribution in [0.5, 0.6) is 0 Å². The van der Waals surface area contributed by atoms with Crippen LogP contribution in [0.25, 0.3) is 0 Å². The molecule has 1 fully saturated rings. The number of hydrogen-bond donors (Lipinski definition) is 2. The van der Waals surface area contributed by atoms with Crippen molar-refractivity contribution in [1.82, 2.24) is 14.9 Å². The molecule has 0 aromatic heterocycles. The van der Waals surface area contributed by atoms with Crippen LogP contribution in [0.15, 0.2) is 29.2 Å². The fraction of sp³-hybridized carbons (Fsp3) is 0.500. The molecular formula is C18H25N3O6S. The summed E-state index contributed by atoms with van der Waals surface area (Å²) in [6.07, 6.45) is 3.18. The van der Waals surface area contributed by atoms with Crippen LogP contribution in [0.4, 0.5) is 4.79 Å². The summed E-state index contributed by atoms with van der Waals surface area (Å²) in [6, 6.07) is 5.74. The van der Waals surface area contributed by atoms with Crippen LogP contribution in [0.2, 0.25) is 0 Å². The summed E-state index contributed by atoms with van der Waals surface area (Å²) in [5.74, 6) is -1.31. The second-order valence-electron chi connectivity index (χ2n) is 6.40. The highest BCUT2D eigenvalue weighted by Gasteiger charge is 2.25. The molecule has 28 heavy (non-hydrogen) atoms. The van der Waals surface area contributed by atoms with Crippen LogP contribution in [0, 0.1) is 0 Å². The Bertz CT molecular complexity index is 801. The van der Waals surface area contributed by atoms with Crippen molar-refractivity contribution in [1.29, 1.82) is 0 Å². The first kappa shape index (κ1) is 21.8. The highest BCUT2D eigenvalue weighted by molar-refractivity contribution is 7.89. The van der Waals surface area contributed by atoms with Crippen molar-refractivity contribution in [3.8, 4) is 0 Å². The molecule has 0 aliphatic carbocycles. The van der Waals surface area contributed by atoms with E-state index in [9.17, 15) is 22.8 Å². The molecule has 1 saturated heterocycles. The topological polar surface area (TPSA) is 122 Å². The second kappa shape index (κ2) is 10.2. The number of hydrogen-bond acceptors (Lipinski definition) is 6. The van der Waals surface area contributed by atoms with Crippen molar-refractivity contribution in [2.24, 2.45) is 0 Å². The van der Waals surface area contributed by atoms with Gasteiger partial charge in [0.15, 0.2) is 6.61 Å². The second-order valence-corrected chi connectivity index (χ2v) is 8.33. The Hall–Kier alpha value is -2.46. The Balaban J connectivity index is 1.81. The van der Waals surface area contributed by atoms with Gasteiger partial charge in [-0.2, -0.15) is 4.31 Å². The number of piperidine rings is 1. The highest BCUT2D eigenvalue weighted by Crippen LogP contribution is 2.21. The van der Waals surface area contributed by atoms with Crippen LogP contribution in [0.3, 0.4) is 0 Å². The third-order valence-electron chi connectivity index (χ3n) is 4.34. The Kier molecular flexibility index (Phi) is 7.94. The molecule has 0 saturated carbocycles. The molecule has 1 aliphatic rings. The van der Waals surface area contributed by atoms with E-state index in [0.717, 1.165) is 24.8 Å². The largest absolute Gasteiger partial charge is 0.456 e. The maximum absolute atomic E-state index is 12.6. The van der Waals surface area contributed by atoms with Crippen LogP contribution in [-0.4, -0.2) is 57.4 Å². The number of nitrogens with zero attached hydrogens (tertiary/aromatic N) is 1. The molecule has 1 aliphatic heterocycles. The van der Waals surface area contributed by atoms with Gasteiger partial charge in [0.1, 0.15) is 0 Å². The lowest BCUT2D eigenvalue weighted by molar-refractivity contribution is -0.148. The van der Waals surface area contributed by atoms with Crippen molar-refractivity contribution < 1.29 is 27.5 Å². The number of nitrogens with one attached hydrogen (secondary N) is 2. The van der Waals surface area contributed by atoms with Crippen molar-refractivity contribution in [2.75, 3.05) is 26.7 Å². The first-order valence-corrected chi connectivity index (χ1v) is 10.5. The molecule has 0 atom stereocenters. The van der Waals surface area contributed by atoms with Crippen LogP contribution >= 0.6 is 0 Å². The summed E-state index contributed by atoms with van der Waals surface area (Å²) in [7, 11) is -2.12. The summed E-state index contributed by atoms with van der Waals surface area (Å²) < 4.78 is 31.5. The van der Waals surface area contributed by atoms with E-state index in [1.54, 1.807) is 24.3 Å². The summed E-state index contributed by atoms with van der Waals surface area (Å²) in [5, 5.41) is 4.19. The Morgan fingerprint density at radius 3 is 2.32 bits per heavy atom. The molecule has 0 spiro atoms. The monoisotopic (exact) mass is 411 g/mol. The third kappa shape index (κ3) is 6.31. The molecule has 154 valence electrons. The van der Waals surface area contributed by atoms with Gasteiger partial charge < -0.3 is 10.1 Å². The maximum Gasteiger partial charge on any atom is 0.321 e. The van der Waals surface area contributed by atoms with Gasteiger partial charge in [0.25, 0.3) is 5.91 Å². The average molecular weight is 411 g/mol. The van der Waals surface area contributed by atoms with Crippen molar-refractivity contribution in [2.45, 2.75) is 37.0 Å². The minimum atomic E-state index is -3.48. The first-order valence-electron chi connectivity index (χ1n) is 9.09. The maximum atomic E-state index is 12.6. The fourth-order valence-electron chi connectivity index (χ4n) is 2.77. The quantitative estimate of drug-likeness (QED) is 0.640. The Morgan fingerprint density at radius 1 is 1.07 bits per heavy atom. The number of carbonyl (C=O) groups excluding carboxylic acids is 3. The number of rotatable bonds is 7. The highest BCUT2D eigenvalue weighted by atomic mass is 32.2. The van der Waals surface area contributed by atoms with Crippen molar-refractivity contribution in [3.63, 3.8) is 0 Å². The van der Waals surface area contributed by atoms with Crippen LogP contribution < -0.4 is 10.6 Å². The molecule has 10 heteroatoms. The van der Waals surface area contributed by atoms with Gasteiger partial charge >= 0.3 is 12.0 Å². The van der Waals surface area contributed by atoms with E-state index in [1.165, 1.54) is 11.4 Å². The summed E-state index contributed by atoms with van der Waals surface area (Å²) >= 11 is 0. The average Bonchev–Trinajstić information content (AvgIpc) is 2.71. The van der Waals surface area contributed by atoms with Gasteiger partial charge in [-0.25, -0.2) is 13.2 Å². The number of ether oxygens (including phenoxy) is 1. The van der Waals surface area contributed by atoms with Crippen LogP contribution in [0.1, 0.15) is 31.2 Å². The lowest BCUT2D eigenvalue weighted by atomic mass is 10.1. The SMILES string of the molecule is CNC(=O)NC(=O)COC(=O)CCc1ccc(S(=O)(=O)N2CCCCC2)cc1. The first-order chi connectivity index (χ1) is 13.3. The van der Waals surface area contributed by atoms with E-state index in [0.29, 0.717) is 19.5 Å². The standard InChI is InChI=1S/C18H25N3O6S/c1-19-18(24)20-16(22)13-27-17(23)10-7-14-5-8-15(9-6-14)28(25,26)21-11-3-2-4-12-21/h5-6,8-9H,2-4,7,10-13H2,1H3,(H2,19,20,22,24). The van der Waals surface area contributed by atoms with E-state index in [1.807, 2.05) is 5.32 Å². The number of urea groups is 1. The Morgan fingerprint density at radius 2 is 1.71 bits per heavy atom. The molecule has 0 unspecified atom stereocenters. The molecule has 1 aromatic carbocycles. The van der Waals surface area contributed by atoms with E-state index in [-0.39, 0.29) is 11.3 Å². The predicted molar refractivity (Wildman–Crippen MR) is 101 cm³/mol. The lowest BCUT2D eigenvalue weighted by Gasteiger charge is -2.25. The molecule has 2 rings (SSSR count). The molecular weight excluding hydrogens is 386 g/mol. The van der Waals surface area contributed by atoms with E-state index >= 15 is 0 Å². The molecule has 0 bridgehead atoms. The Labute approximate surface area is 164 Å². The minimum Gasteiger partial charge on any atom is -0.456 e. The van der Waals surface area contributed by atoms with Crippen molar-refractivity contribution >= 4 is 27.9 Å². The molecule has 2 N–H and O–H groups in total. The third-order valence-corrected chi connectivity index (χ3v) is 6.25. The van der Waals surface area contributed by atoms with Crippen molar-refractivity contribution in [3.05, 3.63) is 29.8 Å². The predicted octanol–water partition coefficient (Wildman–Crippen LogP) is 0.793. The van der Waals surface area contributed by atoms with Gasteiger partial charge in [-0.15, -0.1) is 0 Å². The van der Waals surface area contributed by atoms with Crippen LogP contribution in [-0.2, 0) is 30.8 Å².